The zero-order valence-electron chi connectivity index (χ0n) is 12.3. The fraction of sp³-hybridized carbons (Fsp3) is 0.562. The van der Waals surface area contributed by atoms with Crippen LogP contribution in [0.3, 0.4) is 0 Å². The van der Waals surface area contributed by atoms with Crippen molar-refractivity contribution in [2.75, 3.05) is 12.8 Å². The van der Waals surface area contributed by atoms with Gasteiger partial charge in [0.25, 0.3) is 0 Å². The molecule has 0 aliphatic carbocycles. The number of benzene rings is 1. The highest BCUT2D eigenvalue weighted by atomic mass is 35.5. The Labute approximate surface area is 135 Å². The third-order valence-electron chi connectivity index (χ3n) is 4.84. The van der Waals surface area contributed by atoms with E-state index in [4.69, 9.17) is 11.6 Å². The van der Waals surface area contributed by atoms with E-state index in [0.717, 1.165) is 34.8 Å². The molecule has 114 valence electrons. The molecule has 1 amide bonds. The lowest BCUT2D eigenvalue weighted by molar-refractivity contribution is -0.922. The first-order chi connectivity index (χ1) is 10.1. The van der Waals surface area contributed by atoms with E-state index in [1.165, 1.54) is 12.8 Å². The second kappa shape index (κ2) is 6.59. The summed E-state index contributed by atoms with van der Waals surface area (Å²) in [5.74, 6) is 0.634. The summed E-state index contributed by atoms with van der Waals surface area (Å²) in [5, 5.41) is 3.95. The third kappa shape index (κ3) is 3.74. The van der Waals surface area contributed by atoms with E-state index in [1.54, 1.807) is 16.7 Å². The number of hydrogen-bond acceptors (Lipinski definition) is 2. The number of piperidine rings is 1. The maximum Gasteiger partial charge on any atom is 0.230 e. The first-order valence-corrected chi connectivity index (χ1v) is 8.99. The molecule has 0 radical (unpaired) electrons. The van der Waals surface area contributed by atoms with Crippen LogP contribution in [-0.2, 0) is 4.79 Å². The van der Waals surface area contributed by atoms with Crippen molar-refractivity contribution in [1.82, 2.24) is 5.32 Å². The van der Waals surface area contributed by atoms with Crippen LogP contribution in [0.4, 0.5) is 0 Å². The number of carbonyl (C=O) groups is 1. The van der Waals surface area contributed by atoms with Crippen molar-refractivity contribution in [3.8, 4) is 0 Å². The van der Waals surface area contributed by atoms with E-state index in [2.05, 4.69) is 12.4 Å². The predicted octanol–water partition coefficient (Wildman–Crippen LogP) is 1.76. The van der Waals surface area contributed by atoms with Gasteiger partial charge in [0.2, 0.25) is 5.91 Å². The van der Waals surface area contributed by atoms with Gasteiger partial charge in [-0.2, -0.15) is 0 Å². The Bertz CT molecular complexity index is 494. The summed E-state index contributed by atoms with van der Waals surface area (Å²) in [6, 6.07) is 9.51. The van der Waals surface area contributed by atoms with Crippen molar-refractivity contribution >= 4 is 29.3 Å². The maximum absolute atomic E-state index is 12.1. The van der Waals surface area contributed by atoms with Crippen LogP contribution in [0.2, 0.25) is 5.02 Å². The fourth-order valence-corrected chi connectivity index (χ4v) is 4.48. The van der Waals surface area contributed by atoms with E-state index < -0.39 is 0 Å². The Kier molecular flexibility index (Phi) is 4.77. The van der Waals surface area contributed by atoms with Crippen LogP contribution in [0, 0.1) is 0 Å². The van der Waals surface area contributed by atoms with Crippen molar-refractivity contribution in [2.24, 2.45) is 0 Å². The third-order valence-corrected chi connectivity index (χ3v) is 6.10. The molecule has 5 heteroatoms. The fourth-order valence-electron chi connectivity index (χ4n) is 3.65. The number of quaternary nitrogens is 1. The van der Waals surface area contributed by atoms with Crippen molar-refractivity contribution in [3.63, 3.8) is 0 Å². The Morgan fingerprint density at radius 3 is 2.52 bits per heavy atom. The molecule has 1 aromatic carbocycles. The Morgan fingerprint density at radius 1 is 1.29 bits per heavy atom. The lowest BCUT2D eigenvalue weighted by atomic mass is 9.98. The molecule has 2 saturated heterocycles. The molecule has 3 rings (SSSR count). The topological polar surface area (TPSA) is 33.5 Å². The first-order valence-electron chi connectivity index (χ1n) is 7.63. The van der Waals surface area contributed by atoms with Gasteiger partial charge in [-0.1, -0.05) is 11.6 Å². The normalized spacial score (nSPS) is 31.1. The average Bonchev–Trinajstić information content (AvgIpc) is 2.69. The second-order valence-corrected chi connectivity index (χ2v) is 7.68. The van der Waals surface area contributed by atoms with Gasteiger partial charge in [0.05, 0.1) is 24.9 Å². The number of nitrogens with one attached hydrogen (secondary N) is 2. The summed E-state index contributed by atoms with van der Waals surface area (Å²) in [7, 11) is 2.30. The number of halogens is 1. The van der Waals surface area contributed by atoms with Crippen LogP contribution in [0.15, 0.2) is 29.2 Å². The van der Waals surface area contributed by atoms with E-state index in [1.807, 2.05) is 24.3 Å². The van der Waals surface area contributed by atoms with Gasteiger partial charge < -0.3 is 10.2 Å². The molecule has 2 fully saturated rings. The molecule has 1 aromatic rings. The summed E-state index contributed by atoms with van der Waals surface area (Å²) < 4.78 is 0. The van der Waals surface area contributed by atoms with Gasteiger partial charge in [-0.05, 0) is 24.3 Å². The van der Waals surface area contributed by atoms with Crippen LogP contribution in [-0.4, -0.2) is 36.8 Å². The second-order valence-electron chi connectivity index (χ2n) is 6.19. The molecule has 2 aliphatic rings. The number of hydrogen-bond donors (Lipinski definition) is 2. The van der Waals surface area contributed by atoms with E-state index in [-0.39, 0.29) is 5.91 Å². The van der Waals surface area contributed by atoms with Crippen LogP contribution in [0.1, 0.15) is 25.7 Å². The number of amides is 1. The number of fused-ring (bicyclic) bond motifs is 2. The Morgan fingerprint density at radius 2 is 1.90 bits per heavy atom. The van der Waals surface area contributed by atoms with Crippen molar-refractivity contribution in [2.45, 2.75) is 48.7 Å². The largest absolute Gasteiger partial charge is 0.352 e. The molecule has 2 aliphatic heterocycles. The summed E-state index contributed by atoms with van der Waals surface area (Å²) in [5.41, 5.74) is 0. The zero-order valence-corrected chi connectivity index (χ0v) is 13.8. The quantitative estimate of drug-likeness (QED) is 0.827. The maximum atomic E-state index is 12.1. The summed E-state index contributed by atoms with van der Waals surface area (Å²) >= 11 is 7.43. The van der Waals surface area contributed by atoms with Crippen LogP contribution in [0.5, 0.6) is 0 Å². The smallest absolute Gasteiger partial charge is 0.230 e. The lowest BCUT2D eigenvalue weighted by Crippen LogP contribution is -3.15. The van der Waals surface area contributed by atoms with Gasteiger partial charge in [0, 0.05) is 41.6 Å². The zero-order chi connectivity index (χ0) is 14.8. The van der Waals surface area contributed by atoms with Gasteiger partial charge in [-0.25, -0.2) is 0 Å². The van der Waals surface area contributed by atoms with Gasteiger partial charge in [0.1, 0.15) is 0 Å². The minimum absolute atomic E-state index is 0.152. The van der Waals surface area contributed by atoms with Crippen molar-refractivity contribution in [3.05, 3.63) is 29.3 Å². The minimum Gasteiger partial charge on any atom is -0.352 e. The summed E-state index contributed by atoms with van der Waals surface area (Å²) in [6.07, 6.45) is 4.92. The molecule has 0 spiro atoms. The highest BCUT2D eigenvalue weighted by molar-refractivity contribution is 8.00. The van der Waals surface area contributed by atoms with Gasteiger partial charge in [0.15, 0.2) is 0 Å². The molecular weight excluding hydrogens is 304 g/mol. The highest BCUT2D eigenvalue weighted by Gasteiger charge is 2.42. The lowest BCUT2D eigenvalue weighted by Gasteiger charge is -2.33. The monoisotopic (exact) mass is 325 g/mol. The van der Waals surface area contributed by atoms with E-state index in [9.17, 15) is 4.79 Å². The summed E-state index contributed by atoms with van der Waals surface area (Å²) in [6.45, 7) is 0. The highest BCUT2D eigenvalue weighted by Crippen LogP contribution is 2.23. The molecular formula is C16H22ClN2OS+. The molecule has 2 heterocycles. The minimum atomic E-state index is 0.152. The first kappa shape index (κ1) is 15.2. The Hall–Kier alpha value is -0.710. The number of thioether (sulfide) groups is 1. The van der Waals surface area contributed by atoms with Crippen molar-refractivity contribution < 1.29 is 9.69 Å². The van der Waals surface area contributed by atoms with Gasteiger partial charge in [-0.15, -0.1) is 11.8 Å². The van der Waals surface area contributed by atoms with Crippen LogP contribution >= 0.6 is 23.4 Å². The molecule has 21 heavy (non-hydrogen) atoms. The number of rotatable bonds is 4. The van der Waals surface area contributed by atoms with Crippen LogP contribution < -0.4 is 10.2 Å². The Balaban J connectivity index is 1.45. The molecule has 4 atom stereocenters. The molecule has 2 unspecified atom stereocenters. The standard InChI is InChI=1S/C16H21ClN2OS/c1-19-13-4-5-14(19)9-12(8-13)18-16(20)10-21-15-6-2-11(17)3-7-15/h2-3,6-7,12-14H,4-5,8-10H2,1H3,(H,18,20)/p+1/t12?,13-,14+. The van der Waals surface area contributed by atoms with E-state index >= 15 is 0 Å². The van der Waals surface area contributed by atoms with Gasteiger partial charge >= 0.3 is 0 Å². The SMILES string of the molecule is C[NH+]1[C@@H]2CC[C@H]1CC(NC(=O)CSc1ccc(Cl)cc1)C2. The molecule has 0 aromatic heterocycles. The summed E-state index contributed by atoms with van der Waals surface area (Å²) in [4.78, 5) is 14.9. The van der Waals surface area contributed by atoms with Crippen LogP contribution in [0.25, 0.3) is 0 Å². The van der Waals surface area contributed by atoms with Gasteiger partial charge in [-0.3, -0.25) is 4.79 Å². The van der Waals surface area contributed by atoms with Crippen molar-refractivity contribution in [1.29, 1.82) is 0 Å². The average molecular weight is 326 g/mol. The van der Waals surface area contributed by atoms with E-state index in [0.29, 0.717) is 11.8 Å². The molecule has 3 nitrogen and oxygen atoms in total. The predicted molar refractivity (Wildman–Crippen MR) is 87.0 cm³/mol. The molecule has 2 bridgehead atoms. The molecule has 0 saturated carbocycles. The molecule has 2 N–H and O–H groups in total. The number of carbonyl (C=O) groups excluding carboxylic acids is 1.